The summed E-state index contributed by atoms with van der Waals surface area (Å²) in [5.74, 6) is 0.914. The number of aromatic nitrogens is 2. The van der Waals surface area contributed by atoms with Gasteiger partial charge in [0.2, 0.25) is 5.95 Å². The van der Waals surface area contributed by atoms with Crippen molar-refractivity contribution in [3.05, 3.63) is 65.9 Å². The summed E-state index contributed by atoms with van der Waals surface area (Å²) in [4.78, 5) is 20.5. The minimum atomic E-state index is -0.233. The summed E-state index contributed by atoms with van der Waals surface area (Å²) in [6.07, 6.45) is 0.928. The van der Waals surface area contributed by atoms with E-state index >= 15 is 0 Å². The number of rotatable bonds is 9. The Morgan fingerprint density at radius 1 is 1.00 bits per heavy atom. The number of nitrogens with one attached hydrogen (secondary N) is 2. The van der Waals surface area contributed by atoms with Gasteiger partial charge >= 0.3 is 6.03 Å². The normalized spacial score (nSPS) is 10.8. The van der Waals surface area contributed by atoms with Crippen molar-refractivity contribution in [1.29, 1.82) is 0 Å². The van der Waals surface area contributed by atoms with Crippen molar-refractivity contribution < 1.29 is 9.53 Å². The van der Waals surface area contributed by atoms with Gasteiger partial charge in [0.05, 0.1) is 18.9 Å². The Hall–Kier alpha value is -3.65. The van der Waals surface area contributed by atoms with Crippen LogP contribution >= 0.6 is 0 Å². The van der Waals surface area contributed by atoms with E-state index in [-0.39, 0.29) is 24.4 Å². The summed E-state index contributed by atoms with van der Waals surface area (Å²) >= 11 is 0. The molecule has 2 aromatic carbocycles. The lowest BCUT2D eigenvalue weighted by atomic mass is 10.0. The lowest BCUT2D eigenvalue weighted by Gasteiger charge is -2.14. The molecule has 0 aliphatic heterocycles. The molecule has 8 heteroatoms. The van der Waals surface area contributed by atoms with Gasteiger partial charge in [0.25, 0.3) is 0 Å². The van der Waals surface area contributed by atoms with Gasteiger partial charge in [-0.25, -0.2) is 9.78 Å². The molecule has 0 unspecified atom stereocenters. The molecule has 8 nitrogen and oxygen atoms in total. The second-order valence-corrected chi connectivity index (χ2v) is 7.91. The Kier molecular flexibility index (Phi) is 7.99. The maximum Gasteiger partial charge on any atom is 0.319 e. The summed E-state index contributed by atoms with van der Waals surface area (Å²) in [6.45, 7) is 5.54. The van der Waals surface area contributed by atoms with E-state index in [0.717, 1.165) is 17.5 Å². The molecule has 168 valence electrons. The first-order valence-corrected chi connectivity index (χ1v) is 10.6. The zero-order valence-electron chi connectivity index (χ0n) is 18.5. The van der Waals surface area contributed by atoms with Crippen molar-refractivity contribution in [1.82, 2.24) is 15.3 Å². The largest absolute Gasteiger partial charge is 0.383 e. The number of carbonyl (C=O) groups is 1. The molecule has 0 aliphatic rings. The van der Waals surface area contributed by atoms with Crippen LogP contribution in [0, 0.1) is 5.92 Å². The van der Waals surface area contributed by atoms with Gasteiger partial charge < -0.3 is 26.8 Å². The molecule has 1 heterocycles. The molecule has 3 rings (SSSR count). The molecule has 1 aromatic heterocycles. The molecule has 0 atom stereocenters. The van der Waals surface area contributed by atoms with Gasteiger partial charge in [-0.05, 0) is 35.6 Å². The minimum absolute atomic E-state index is 0.0981. The van der Waals surface area contributed by atoms with E-state index in [1.165, 1.54) is 0 Å². The number of carbonyl (C=O) groups excluding carboxylic acids is 1. The average molecular weight is 435 g/mol. The maximum absolute atomic E-state index is 12.0. The first kappa shape index (κ1) is 23.0. The molecule has 0 fully saturated rings. The zero-order chi connectivity index (χ0) is 22.9. The van der Waals surface area contributed by atoms with Crippen LogP contribution in [0.2, 0.25) is 0 Å². The van der Waals surface area contributed by atoms with Crippen LogP contribution in [0.1, 0.15) is 31.5 Å². The van der Waals surface area contributed by atoms with Crippen molar-refractivity contribution in [2.24, 2.45) is 5.92 Å². The Balaban J connectivity index is 1.69. The average Bonchev–Trinajstić information content (AvgIpc) is 2.75. The van der Waals surface area contributed by atoms with Crippen molar-refractivity contribution in [2.75, 3.05) is 23.3 Å². The number of amides is 2. The standard InChI is InChI=1S/C24H30N6O2/c1-16(2)12-13-27-24(31)28-19-10-8-18(9-11-19)21-20(29-23(26)30-22(21)25)15-32-14-17-6-4-3-5-7-17/h3-11,16H,12-15H2,1-2H3,(H2,27,28,31)(H4,25,26,29,30). The lowest BCUT2D eigenvalue weighted by Crippen LogP contribution is -2.30. The van der Waals surface area contributed by atoms with Crippen molar-refractivity contribution >= 4 is 23.5 Å². The number of ether oxygens (including phenoxy) is 1. The van der Waals surface area contributed by atoms with Crippen LogP contribution < -0.4 is 22.1 Å². The number of nitrogens with zero attached hydrogens (tertiary/aromatic N) is 2. The quantitative estimate of drug-likeness (QED) is 0.400. The van der Waals surface area contributed by atoms with Crippen LogP contribution in [0.5, 0.6) is 0 Å². The second kappa shape index (κ2) is 11.1. The van der Waals surface area contributed by atoms with Crippen LogP contribution in [-0.2, 0) is 18.0 Å². The topological polar surface area (TPSA) is 128 Å². The molecule has 6 N–H and O–H groups in total. The maximum atomic E-state index is 12.0. The molecule has 32 heavy (non-hydrogen) atoms. The third kappa shape index (κ3) is 6.68. The fourth-order valence-corrected chi connectivity index (χ4v) is 3.17. The lowest BCUT2D eigenvalue weighted by molar-refractivity contribution is 0.105. The first-order valence-electron chi connectivity index (χ1n) is 10.6. The smallest absolute Gasteiger partial charge is 0.319 e. The summed E-state index contributed by atoms with van der Waals surface area (Å²) in [6, 6.07) is 17.0. The molecule has 0 spiro atoms. The Morgan fingerprint density at radius 3 is 2.41 bits per heavy atom. The van der Waals surface area contributed by atoms with Crippen LogP contribution in [0.3, 0.4) is 0 Å². The molecule has 0 aliphatic carbocycles. The van der Waals surface area contributed by atoms with E-state index in [1.54, 1.807) is 0 Å². The number of nitrogens with two attached hydrogens (primary N) is 2. The molecule has 0 bridgehead atoms. The minimum Gasteiger partial charge on any atom is -0.383 e. The van der Waals surface area contributed by atoms with E-state index < -0.39 is 0 Å². The summed E-state index contributed by atoms with van der Waals surface area (Å²) < 4.78 is 5.84. The van der Waals surface area contributed by atoms with E-state index in [9.17, 15) is 4.79 Å². The summed E-state index contributed by atoms with van der Waals surface area (Å²) in [5, 5.41) is 5.68. The molecule has 2 amide bonds. The Morgan fingerprint density at radius 2 is 1.72 bits per heavy atom. The summed E-state index contributed by atoms with van der Waals surface area (Å²) in [5.41, 5.74) is 15.8. The molecule has 0 radical (unpaired) electrons. The number of hydrogen-bond acceptors (Lipinski definition) is 6. The Labute approximate surface area is 188 Å². The number of hydrogen-bond donors (Lipinski definition) is 4. The highest BCUT2D eigenvalue weighted by Gasteiger charge is 2.14. The van der Waals surface area contributed by atoms with Crippen LogP contribution in [0.25, 0.3) is 11.1 Å². The summed E-state index contributed by atoms with van der Waals surface area (Å²) in [7, 11) is 0. The third-order valence-corrected chi connectivity index (χ3v) is 4.82. The van der Waals surface area contributed by atoms with E-state index in [2.05, 4.69) is 34.4 Å². The number of urea groups is 1. The fourth-order valence-electron chi connectivity index (χ4n) is 3.17. The van der Waals surface area contributed by atoms with E-state index in [1.807, 2.05) is 54.6 Å². The monoisotopic (exact) mass is 434 g/mol. The SMILES string of the molecule is CC(C)CCNC(=O)Nc1ccc(-c2c(N)nc(N)nc2COCc2ccccc2)cc1. The predicted molar refractivity (Wildman–Crippen MR) is 128 cm³/mol. The molecular weight excluding hydrogens is 404 g/mol. The van der Waals surface area contributed by atoms with Crippen LogP contribution in [0.4, 0.5) is 22.2 Å². The molecular formula is C24H30N6O2. The van der Waals surface area contributed by atoms with Crippen molar-refractivity contribution in [3.63, 3.8) is 0 Å². The van der Waals surface area contributed by atoms with Gasteiger partial charge in [0, 0.05) is 17.8 Å². The van der Waals surface area contributed by atoms with Gasteiger partial charge in [-0.3, -0.25) is 0 Å². The van der Waals surface area contributed by atoms with Gasteiger partial charge in [-0.2, -0.15) is 4.98 Å². The zero-order valence-corrected chi connectivity index (χ0v) is 18.5. The number of benzene rings is 2. The predicted octanol–water partition coefficient (Wildman–Crippen LogP) is 4.19. The molecule has 3 aromatic rings. The van der Waals surface area contributed by atoms with Gasteiger partial charge in [-0.15, -0.1) is 0 Å². The van der Waals surface area contributed by atoms with E-state index in [4.69, 9.17) is 16.2 Å². The van der Waals surface area contributed by atoms with Gasteiger partial charge in [-0.1, -0.05) is 56.3 Å². The second-order valence-electron chi connectivity index (χ2n) is 7.91. The highest BCUT2D eigenvalue weighted by molar-refractivity contribution is 5.89. The van der Waals surface area contributed by atoms with Crippen LogP contribution in [0.15, 0.2) is 54.6 Å². The van der Waals surface area contributed by atoms with Gasteiger partial charge in [0.15, 0.2) is 0 Å². The number of nitrogen functional groups attached to an aromatic ring is 2. The first-order chi connectivity index (χ1) is 15.4. The van der Waals surface area contributed by atoms with Crippen LogP contribution in [-0.4, -0.2) is 22.5 Å². The fraction of sp³-hybridized carbons (Fsp3) is 0.292. The van der Waals surface area contributed by atoms with Gasteiger partial charge in [0.1, 0.15) is 5.82 Å². The van der Waals surface area contributed by atoms with E-state index in [0.29, 0.717) is 36.0 Å². The number of anilines is 3. The molecule has 0 saturated carbocycles. The highest BCUT2D eigenvalue weighted by Crippen LogP contribution is 2.30. The Bertz CT molecular complexity index is 1020. The van der Waals surface area contributed by atoms with Crippen molar-refractivity contribution in [3.8, 4) is 11.1 Å². The highest BCUT2D eigenvalue weighted by atomic mass is 16.5. The molecule has 0 saturated heterocycles. The van der Waals surface area contributed by atoms with Crippen molar-refractivity contribution in [2.45, 2.75) is 33.5 Å². The third-order valence-electron chi connectivity index (χ3n) is 4.82.